The second-order valence-corrected chi connectivity index (χ2v) is 6.32. The summed E-state index contributed by atoms with van der Waals surface area (Å²) < 4.78 is 0. The van der Waals surface area contributed by atoms with Crippen LogP contribution in [0.25, 0.3) is 16.7 Å². The number of carbonyl (C=O) groups excluding carboxylic acids is 1. The fourth-order valence-electron chi connectivity index (χ4n) is 3.23. The van der Waals surface area contributed by atoms with Crippen molar-refractivity contribution < 1.29 is 4.79 Å². The van der Waals surface area contributed by atoms with Crippen LogP contribution in [0, 0.1) is 5.92 Å². The van der Waals surface area contributed by atoms with Crippen LogP contribution >= 0.6 is 0 Å². The highest BCUT2D eigenvalue weighted by Gasteiger charge is 2.30. The Bertz CT molecular complexity index is 883. The van der Waals surface area contributed by atoms with Crippen LogP contribution in [-0.2, 0) is 4.79 Å². The molecule has 2 aromatic carbocycles. The number of hydrogen-bond donors (Lipinski definition) is 1. The van der Waals surface area contributed by atoms with E-state index in [1.165, 1.54) is 0 Å². The van der Waals surface area contributed by atoms with Crippen molar-refractivity contribution in [1.29, 1.82) is 0 Å². The van der Waals surface area contributed by atoms with E-state index in [0.717, 1.165) is 28.0 Å². The first-order valence-electron chi connectivity index (χ1n) is 7.88. The van der Waals surface area contributed by atoms with Crippen molar-refractivity contribution in [3.8, 4) is 5.69 Å². The standard InChI is InChI=1S/C18H18N4O/c1-11(2)13-10-16(23)19-14-8-9-15-18(17(13)14)21-22(20-15)12-6-4-3-5-7-12/h3-9,11,13H,10H2,1-2H3,(H,19,23). The third-order valence-corrected chi connectivity index (χ3v) is 4.44. The molecule has 1 aromatic heterocycles. The maximum Gasteiger partial charge on any atom is 0.225 e. The predicted octanol–water partition coefficient (Wildman–Crippen LogP) is 3.50. The van der Waals surface area contributed by atoms with Gasteiger partial charge in [0.15, 0.2) is 0 Å². The average Bonchev–Trinajstić information content (AvgIpc) is 2.99. The topological polar surface area (TPSA) is 59.8 Å². The van der Waals surface area contributed by atoms with Crippen molar-refractivity contribution in [2.45, 2.75) is 26.2 Å². The van der Waals surface area contributed by atoms with Crippen molar-refractivity contribution in [2.24, 2.45) is 5.92 Å². The van der Waals surface area contributed by atoms with Crippen LogP contribution in [0.15, 0.2) is 42.5 Å². The molecule has 5 nitrogen and oxygen atoms in total. The summed E-state index contributed by atoms with van der Waals surface area (Å²) in [7, 11) is 0. The van der Waals surface area contributed by atoms with Gasteiger partial charge in [0.05, 0.1) is 5.69 Å². The molecule has 116 valence electrons. The summed E-state index contributed by atoms with van der Waals surface area (Å²) in [5.74, 6) is 0.613. The highest BCUT2D eigenvalue weighted by Crippen LogP contribution is 2.40. The van der Waals surface area contributed by atoms with Gasteiger partial charge >= 0.3 is 0 Å². The molecule has 3 aromatic rings. The van der Waals surface area contributed by atoms with Gasteiger partial charge in [0.1, 0.15) is 11.0 Å². The zero-order valence-electron chi connectivity index (χ0n) is 13.2. The van der Waals surface area contributed by atoms with Gasteiger partial charge in [-0.25, -0.2) is 0 Å². The minimum absolute atomic E-state index is 0.0750. The Kier molecular flexibility index (Phi) is 3.15. The summed E-state index contributed by atoms with van der Waals surface area (Å²) in [5, 5.41) is 12.3. The van der Waals surface area contributed by atoms with Crippen LogP contribution in [0.5, 0.6) is 0 Å². The van der Waals surface area contributed by atoms with Gasteiger partial charge in [-0.05, 0) is 36.1 Å². The molecular weight excluding hydrogens is 288 g/mol. The highest BCUT2D eigenvalue weighted by atomic mass is 16.1. The number of anilines is 1. The first-order chi connectivity index (χ1) is 11.1. The first kappa shape index (κ1) is 13.9. The van der Waals surface area contributed by atoms with Crippen LogP contribution in [0.2, 0.25) is 0 Å². The van der Waals surface area contributed by atoms with E-state index in [1.807, 2.05) is 42.5 Å². The lowest BCUT2D eigenvalue weighted by Gasteiger charge is -2.28. The van der Waals surface area contributed by atoms with Crippen molar-refractivity contribution in [2.75, 3.05) is 5.32 Å². The highest BCUT2D eigenvalue weighted by molar-refractivity contribution is 5.99. The smallest absolute Gasteiger partial charge is 0.225 e. The number of nitrogens with zero attached hydrogens (tertiary/aromatic N) is 3. The van der Waals surface area contributed by atoms with Gasteiger partial charge in [-0.3, -0.25) is 4.79 Å². The largest absolute Gasteiger partial charge is 0.326 e. The normalized spacial score (nSPS) is 17.3. The van der Waals surface area contributed by atoms with Crippen LogP contribution in [0.4, 0.5) is 5.69 Å². The van der Waals surface area contributed by atoms with Crippen LogP contribution in [0.3, 0.4) is 0 Å². The van der Waals surface area contributed by atoms with Gasteiger partial charge in [0, 0.05) is 17.7 Å². The molecule has 1 aliphatic rings. The van der Waals surface area contributed by atoms with Gasteiger partial charge in [0.25, 0.3) is 0 Å². The monoisotopic (exact) mass is 306 g/mol. The first-order valence-corrected chi connectivity index (χ1v) is 7.88. The number of nitrogens with one attached hydrogen (secondary N) is 1. The van der Waals surface area contributed by atoms with Crippen LogP contribution in [0.1, 0.15) is 31.7 Å². The molecule has 4 rings (SSSR count). The van der Waals surface area contributed by atoms with Gasteiger partial charge in [0.2, 0.25) is 5.91 Å². The number of rotatable bonds is 2. The summed E-state index contributed by atoms with van der Waals surface area (Å²) in [6, 6.07) is 13.7. The second-order valence-electron chi connectivity index (χ2n) is 6.32. The number of benzene rings is 2. The molecule has 0 aliphatic carbocycles. The molecule has 0 radical (unpaired) electrons. The Hall–Kier alpha value is -2.69. The predicted molar refractivity (Wildman–Crippen MR) is 89.7 cm³/mol. The number of fused-ring (bicyclic) bond motifs is 3. The third kappa shape index (κ3) is 2.29. The lowest BCUT2D eigenvalue weighted by molar-refractivity contribution is -0.117. The lowest BCUT2D eigenvalue weighted by atomic mass is 9.81. The molecule has 1 N–H and O–H groups in total. The fourth-order valence-corrected chi connectivity index (χ4v) is 3.23. The van der Waals surface area contributed by atoms with E-state index in [2.05, 4.69) is 24.3 Å². The zero-order valence-corrected chi connectivity index (χ0v) is 13.2. The number of carbonyl (C=O) groups is 1. The molecule has 23 heavy (non-hydrogen) atoms. The Morgan fingerprint density at radius 1 is 1.13 bits per heavy atom. The molecular formula is C18H18N4O. The van der Waals surface area contributed by atoms with Gasteiger partial charge in [-0.1, -0.05) is 32.0 Å². The summed E-state index contributed by atoms with van der Waals surface area (Å²) in [5.41, 5.74) is 4.64. The van der Waals surface area contributed by atoms with Crippen molar-refractivity contribution in [3.05, 3.63) is 48.0 Å². The molecule has 1 atom stereocenters. The van der Waals surface area contributed by atoms with E-state index in [-0.39, 0.29) is 11.8 Å². The molecule has 0 bridgehead atoms. The average molecular weight is 306 g/mol. The lowest BCUT2D eigenvalue weighted by Crippen LogP contribution is -2.25. The van der Waals surface area contributed by atoms with E-state index in [1.54, 1.807) is 4.80 Å². The Morgan fingerprint density at radius 2 is 1.91 bits per heavy atom. The van der Waals surface area contributed by atoms with Gasteiger partial charge in [-0.2, -0.15) is 4.80 Å². The molecule has 0 fully saturated rings. The number of amides is 1. The minimum Gasteiger partial charge on any atom is -0.326 e. The molecule has 5 heteroatoms. The molecule has 1 amide bonds. The quantitative estimate of drug-likeness (QED) is 0.788. The van der Waals surface area contributed by atoms with Crippen LogP contribution < -0.4 is 5.32 Å². The minimum atomic E-state index is 0.0750. The fraction of sp³-hybridized carbons (Fsp3) is 0.278. The third-order valence-electron chi connectivity index (χ3n) is 4.44. The number of para-hydroxylation sites is 1. The number of aromatic nitrogens is 3. The van der Waals surface area contributed by atoms with Crippen molar-refractivity contribution in [1.82, 2.24) is 15.0 Å². The van der Waals surface area contributed by atoms with Crippen molar-refractivity contribution in [3.63, 3.8) is 0 Å². The summed E-state index contributed by atoms with van der Waals surface area (Å²) >= 11 is 0. The molecule has 2 heterocycles. The van der Waals surface area contributed by atoms with E-state index >= 15 is 0 Å². The molecule has 0 spiro atoms. The zero-order chi connectivity index (χ0) is 16.0. The second kappa shape index (κ2) is 5.19. The Balaban J connectivity index is 1.93. The van der Waals surface area contributed by atoms with E-state index in [4.69, 9.17) is 5.10 Å². The number of hydrogen-bond acceptors (Lipinski definition) is 3. The molecule has 0 saturated carbocycles. The van der Waals surface area contributed by atoms with Crippen molar-refractivity contribution >= 4 is 22.6 Å². The van der Waals surface area contributed by atoms with Gasteiger partial charge < -0.3 is 5.32 Å². The maximum absolute atomic E-state index is 12.0. The van der Waals surface area contributed by atoms with E-state index < -0.39 is 0 Å². The SMILES string of the molecule is CC(C)C1CC(=O)Nc2ccc3nn(-c4ccccc4)nc3c21. The summed E-state index contributed by atoms with van der Waals surface area (Å²) in [6.07, 6.45) is 0.502. The molecule has 0 saturated heterocycles. The maximum atomic E-state index is 12.0. The molecule has 1 unspecified atom stereocenters. The molecule has 1 aliphatic heterocycles. The van der Waals surface area contributed by atoms with E-state index in [0.29, 0.717) is 12.3 Å². The summed E-state index contributed by atoms with van der Waals surface area (Å²) in [4.78, 5) is 13.6. The summed E-state index contributed by atoms with van der Waals surface area (Å²) in [6.45, 7) is 4.29. The van der Waals surface area contributed by atoms with E-state index in [9.17, 15) is 4.79 Å². The van der Waals surface area contributed by atoms with Gasteiger partial charge in [-0.15, -0.1) is 10.2 Å². The Labute approximate surface area is 134 Å². The van der Waals surface area contributed by atoms with Crippen LogP contribution in [-0.4, -0.2) is 20.9 Å². The Morgan fingerprint density at radius 3 is 2.65 bits per heavy atom.